The zero-order valence-electron chi connectivity index (χ0n) is 13.1. The Balaban J connectivity index is 2.05. The lowest BCUT2D eigenvalue weighted by Gasteiger charge is -2.26. The smallest absolute Gasteiger partial charge is 0.109 e. The topological polar surface area (TPSA) is 12.4 Å². The summed E-state index contributed by atoms with van der Waals surface area (Å²) >= 11 is 2.30. The van der Waals surface area contributed by atoms with Gasteiger partial charge in [-0.25, -0.2) is 0 Å². The zero-order valence-corrected chi connectivity index (χ0v) is 14.9. The predicted octanol–water partition coefficient (Wildman–Crippen LogP) is 5.66. The van der Waals surface area contributed by atoms with E-state index < -0.39 is 7.22 Å². The van der Waals surface area contributed by atoms with E-state index in [9.17, 15) is 0 Å². The van der Waals surface area contributed by atoms with Crippen molar-refractivity contribution in [1.29, 1.82) is 0 Å². The van der Waals surface area contributed by atoms with Crippen molar-refractivity contribution < 1.29 is 0 Å². The highest BCUT2D eigenvalue weighted by Crippen LogP contribution is 2.33. The van der Waals surface area contributed by atoms with Crippen LogP contribution in [0.5, 0.6) is 0 Å². The summed E-state index contributed by atoms with van der Waals surface area (Å²) in [5.74, 6) is 0. The van der Waals surface area contributed by atoms with Crippen LogP contribution in [0, 0.1) is 0 Å². The number of nitrogens with zero attached hydrogens (tertiary/aromatic N) is 1. The number of aliphatic imine (C=N–C) groups is 1. The van der Waals surface area contributed by atoms with Gasteiger partial charge in [-0.1, -0.05) is 51.7 Å². The average Bonchev–Trinajstić information content (AvgIpc) is 2.55. The summed E-state index contributed by atoms with van der Waals surface area (Å²) in [7, 11) is -1.04. The maximum atomic E-state index is 5.24. The van der Waals surface area contributed by atoms with Gasteiger partial charge in [0.05, 0.1) is 0 Å². The fraction of sp³-hybridized carbons (Fsp3) is 0.938. The van der Waals surface area contributed by atoms with Crippen molar-refractivity contribution in [1.82, 2.24) is 0 Å². The molecule has 0 aromatic carbocycles. The minimum Gasteiger partial charge on any atom is -0.290 e. The third kappa shape index (κ3) is 5.62. The van der Waals surface area contributed by atoms with E-state index in [0.717, 1.165) is 5.25 Å². The van der Waals surface area contributed by atoms with Crippen LogP contribution in [0.3, 0.4) is 0 Å². The second-order valence-electron chi connectivity index (χ2n) is 7.23. The van der Waals surface area contributed by atoms with Crippen LogP contribution in [0.4, 0.5) is 0 Å². The lowest BCUT2D eigenvalue weighted by atomic mass is 9.95. The Morgan fingerprint density at radius 3 is 2.21 bits per heavy atom. The molecule has 0 N–H and O–H groups in total. The van der Waals surface area contributed by atoms with Gasteiger partial charge in [-0.05, 0) is 32.1 Å². The lowest BCUT2D eigenvalue weighted by molar-refractivity contribution is 0.442. The van der Waals surface area contributed by atoms with E-state index in [1.165, 1.54) is 64.2 Å². The fourth-order valence-corrected chi connectivity index (χ4v) is 8.06. The minimum absolute atomic E-state index is 0.673. The zero-order chi connectivity index (χ0) is 13.7. The summed E-state index contributed by atoms with van der Waals surface area (Å²) in [5, 5.41) is 0.760. The van der Waals surface area contributed by atoms with Gasteiger partial charge in [0, 0.05) is 17.0 Å². The van der Waals surface area contributed by atoms with E-state index in [1.807, 2.05) is 0 Å². The highest BCUT2D eigenvalue weighted by atomic mass is 32.4. The molecule has 0 radical (unpaired) electrons. The van der Waals surface area contributed by atoms with Gasteiger partial charge in [0.1, 0.15) is 7.22 Å². The van der Waals surface area contributed by atoms with Gasteiger partial charge < -0.3 is 0 Å². The maximum absolute atomic E-state index is 5.24. The van der Waals surface area contributed by atoms with Crippen molar-refractivity contribution in [2.45, 2.75) is 95.1 Å². The highest BCUT2D eigenvalue weighted by molar-refractivity contribution is 8.29. The van der Waals surface area contributed by atoms with Crippen LogP contribution < -0.4 is 0 Å². The molecule has 1 nitrogen and oxygen atoms in total. The minimum atomic E-state index is -1.04. The van der Waals surface area contributed by atoms with Gasteiger partial charge in [-0.3, -0.25) is 4.99 Å². The quantitative estimate of drug-likeness (QED) is 0.483. The highest BCUT2D eigenvalue weighted by Gasteiger charge is 2.27. The molecular formula is C16H31NSSi. The van der Waals surface area contributed by atoms with Crippen molar-refractivity contribution in [3.8, 4) is 0 Å². The Morgan fingerprint density at radius 2 is 1.53 bits per heavy atom. The van der Waals surface area contributed by atoms with Crippen LogP contribution in [-0.2, 0) is 0 Å². The second kappa shape index (κ2) is 7.30. The van der Waals surface area contributed by atoms with Crippen molar-refractivity contribution in [3.05, 3.63) is 0 Å². The Bertz CT molecular complexity index is 302. The summed E-state index contributed by atoms with van der Waals surface area (Å²) in [6.45, 7) is 7.46. The first-order valence-electron chi connectivity index (χ1n) is 8.29. The van der Waals surface area contributed by atoms with E-state index in [0.29, 0.717) is 6.04 Å². The van der Waals surface area contributed by atoms with E-state index in [1.54, 1.807) is 5.71 Å². The molecule has 19 heavy (non-hydrogen) atoms. The standard InChI is InChI=1S/C16H31NSSi/c1-19(2,3)18-16-13-9-5-8-12-15(16)17-14-10-6-4-7-11-14/h14,16H,4-13H2,1-3H3. The Hall–Kier alpha value is 0.237. The average molecular weight is 298 g/mol. The molecule has 0 aromatic rings. The number of hydrogen-bond acceptors (Lipinski definition) is 2. The molecular weight excluding hydrogens is 266 g/mol. The molecule has 2 fully saturated rings. The molecule has 0 spiro atoms. The van der Waals surface area contributed by atoms with E-state index >= 15 is 0 Å². The first kappa shape index (κ1) is 15.6. The van der Waals surface area contributed by atoms with Gasteiger partial charge in [0.2, 0.25) is 0 Å². The van der Waals surface area contributed by atoms with Crippen LogP contribution in [-0.4, -0.2) is 24.2 Å². The normalized spacial score (nSPS) is 29.4. The molecule has 1 unspecified atom stereocenters. The van der Waals surface area contributed by atoms with Crippen LogP contribution in [0.1, 0.15) is 64.2 Å². The molecule has 0 amide bonds. The maximum Gasteiger partial charge on any atom is 0.109 e. The predicted molar refractivity (Wildman–Crippen MR) is 92.1 cm³/mol. The van der Waals surface area contributed by atoms with Crippen LogP contribution in [0.25, 0.3) is 0 Å². The molecule has 0 aromatic heterocycles. The van der Waals surface area contributed by atoms with Crippen molar-refractivity contribution >= 4 is 24.1 Å². The molecule has 0 saturated heterocycles. The lowest BCUT2D eigenvalue weighted by Crippen LogP contribution is -2.27. The summed E-state index contributed by atoms with van der Waals surface area (Å²) in [4.78, 5) is 5.24. The third-order valence-corrected chi connectivity index (χ3v) is 8.66. The number of hydrogen-bond donors (Lipinski definition) is 0. The first-order valence-corrected chi connectivity index (χ1v) is 13.4. The first-order chi connectivity index (χ1) is 9.04. The van der Waals surface area contributed by atoms with Crippen molar-refractivity contribution in [2.24, 2.45) is 4.99 Å². The molecule has 2 aliphatic rings. The van der Waals surface area contributed by atoms with Gasteiger partial charge >= 0.3 is 0 Å². The molecule has 0 heterocycles. The molecule has 1 atom stereocenters. The Morgan fingerprint density at radius 1 is 0.895 bits per heavy atom. The van der Waals surface area contributed by atoms with E-state index in [4.69, 9.17) is 4.99 Å². The van der Waals surface area contributed by atoms with E-state index in [-0.39, 0.29) is 0 Å². The third-order valence-electron chi connectivity index (χ3n) is 4.19. The molecule has 2 saturated carbocycles. The van der Waals surface area contributed by atoms with Crippen LogP contribution in [0.2, 0.25) is 19.6 Å². The molecule has 3 heteroatoms. The van der Waals surface area contributed by atoms with Crippen molar-refractivity contribution in [2.75, 3.05) is 0 Å². The molecule has 0 bridgehead atoms. The second-order valence-corrected chi connectivity index (χ2v) is 16.6. The van der Waals surface area contributed by atoms with Gasteiger partial charge in [0.25, 0.3) is 0 Å². The van der Waals surface area contributed by atoms with Crippen LogP contribution in [0.15, 0.2) is 4.99 Å². The van der Waals surface area contributed by atoms with Crippen molar-refractivity contribution in [3.63, 3.8) is 0 Å². The summed E-state index contributed by atoms with van der Waals surface area (Å²) < 4.78 is 0. The SMILES string of the molecule is C[Si](C)(C)SC1CCCCCC1=NC1CCCCC1. The molecule has 0 aliphatic heterocycles. The van der Waals surface area contributed by atoms with Gasteiger partial charge in [-0.15, -0.1) is 0 Å². The van der Waals surface area contributed by atoms with Gasteiger partial charge in [-0.2, -0.15) is 11.2 Å². The molecule has 2 rings (SSSR count). The van der Waals surface area contributed by atoms with E-state index in [2.05, 4.69) is 30.9 Å². The largest absolute Gasteiger partial charge is 0.290 e. The Kier molecular flexibility index (Phi) is 6.01. The summed E-state index contributed by atoms with van der Waals surface area (Å²) in [5.41, 5.74) is 1.59. The monoisotopic (exact) mass is 297 g/mol. The fourth-order valence-electron chi connectivity index (χ4n) is 3.29. The summed E-state index contributed by atoms with van der Waals surface area (Å²) in [6, 6.07) is 0.673. The van der Waals surface area contributed by atoms with Crippen LogP contribution >= 0.6 is 11.2 Å². The molecule has 2 aliphatic carbocycles. The Labute approximate surface area is 124 Å². The summed E-state index contributed by atoms with van der Waals surface area (Å²) in [6.07, 6.45) is 13.9. The number of rotatable bonds is 3. The molecule has 110 valence electrons. The van der Waals surface area contributed by atoms with Gasteiger partial charge in [0.15, 0.2) is 0 Å².